The lowest BCUT2D eigenvalue weighted by Crippen LogP contribution is -2.13. The summed E-state index contributed by atoms with van der Waals surface area (Å²) in [5, 5.41) is 3.32. The van der Waals surface area contributed by atoms with Crippen LogP contribution in [0, 0.1) is 13.8 Å². The van der Waals surface area contributed by atoms with Crippen LogP contribution >= 0.6 is 11.3 Å². The highest BCUT2D eigenvalue weighted by Gasteiger charge is 2.12. The molecule has 140 valence electrons. The Morgan fingerprint density at radius 2 is 1.89 bits per heavy atom. The predicted molar refractivity (Wildman–Crippen MR) is 109 cm³/mol. The second-order valence-electron chi connectivity index (χ2n) is 6.35. The molecule has 3 aromatic rings. The highest BCUT2D eigenvalue weighted by molar-refractivity contribution is 7.22. The van der Waals surface area contributed by atoms with E-state index in [0.29, 0.717) is 17.3 Å². The molecule has 0 radical (unpaired) electrons. The van der Waals surface area contributed by atoms with Crippen molar-refractivity contribution in [2.75, 3.05) is 11.9 Å². The van der Waals surface area contributed by atoms with Gasteiger partial charge >= 0.3 is 0 Å². The van der Waals surface area contributed by atoms with E-state index in [-0.39, 0.29) is 24.5 Å². The summed E-state index contributed by atoms with van der Waals surface area (Å²) in [4.78, 5) is 28.9. The normalized spacial score (nSPS) is 10.8. The number of ketones is 1. The van der Waals surface area contributed by atoms with E-state index in [1.165, 1.54) is 11.3 Å². The van der Waals surface area contributed by atoms with Gasteiger partial charge in [0.05, 0.1) is 16.8 Å². The molecule has 6 heteroatoms. The van der Waals surface area contributed by atoms with Gasteiger partial charge in [-0.05, 0) is 56.2 Å². The van der Waals surface area contributed by atoms with Crippen LogP contribution in [0.1, 0.15) is 41.3 Å². The molecule has 0 saturated carbocycles. The number of rotatable bonds is 7. The maximum absolute atomic E-state index is 12.3. The molecule has 1 heterocycles. The highest BCUT2D eigenvalue weighted by atomic mass is 32.1. The van der Waals surface area contributed by atoms with Crippen LogP contribution < -0.4 is 10.1 Å². The molecule has 27 heavy (non-hydrogen) atoms. The molecule has 0 unspecified atom stereocenters. The number of nitrogens with one attached hydrogen (secondary N) is 1. The minimum absolute atomic E-state index is 0.0288. The van der Waals surface area contributed by atoms with E-state index in [9.17, 15) is 9.59 Å². The number of aromatic nitrogens is 1. The number of amides is 1. The Hall–Kier alpha value is -2.73. The second-order valence-corrected chi connectivity index (χ2v) is 7.38. The number of nitrogens with zero attached hydrogens (tertiary/aromatic N) is 1. The van der Waals surface area contributed by atoms with Gasteiger partial charge in [0.25, 0.3) is 0 Å². The molecule has 0 aliphatic carbocycles. The molecule has 0 atom stereocenters. The molecule has 0 aliphatic rings. The minimum Gasteiger partial charge on any atom is -0.494 e. The van der Waals surface area contributed by atoms with Crippen LogP contribution in [0.2, 0.25) is 0 Å². The van der Waals surface area contributed by atoms with Gasteiger partial charge in [0, 0.05) is 18.4 Å². The van der Waals surface area contributed by atoms with Crippen LogP contribution in [-0.4, -0.2) is 23.3 Å². The quantitative estimate of drug-likeness (QED) is 0.589. The number of aryl methyl sites for hydroxylation is 2. The summed E-state index contributed by atoms with van der Waals surface area (Å²) >= 11 is 1.39. The van der Waals surface area contributed by atoms with Crippen LogP contribution in [-0.2, 0) is 4.79 Å². The monoisotopic (exact) mass is 382 g/mol. The first-order chi connectivity index (χ1) is 13.0. The fourth-order valence-corrected chi connectivity index (χ4v) is 3.59. The van der Waals surface area contributed by atoms with E-state index in [4.69, 9.17) is 4.74 Å². The number of carbonyl (C=O) groups excluding carboxylic acids is 2. The van der Waals surface area contributed by atoms with E-state index < -0.39 is 0 Å². The molecule has 0 bridgehead atoms. The fourth-order valence-electron chi connectivity index (χ4n) is 2.68. The zero-order valence-corrected chi connectivity index (χ0v) is 16.5. The molecule has 5 nitrogen and oxygen atoms in total. The number of thiazole rings is 1. The lowest BCUT2D eigenvalue weighted by Gasteiger charge is -2.05. The third-order valence-electron chi connectivity index (χ3n) is 4.33. The van der Waals surface area contributed by atoms with Gasteiger partial charge in [0.2, 0.25) is 5.91 Å². The van der Waals surface area contributed by atoms with Crippen LogP contribution in [0.25, 0.3) is 10.2 Å². The van der Waals surface area contributed by atoms with Gasteiger partial charge < -0.3 is 10.1 Å². The molecule has 0 spiro atoms. The molecule has 0 aliphatic heterocycles. The minimum atomic E-state index is -0.212. The van der Waals surface area contributed by atoms with Gasteiger partial charge in [0.15, 0.2) is 10.9 Å². The average molecular weight is 382 g/mol. The van der Waals surface area contributed by atoms with Crippen molar-refractivity contribution in [3.63, 3.8) is 0 Å². The molecule has 0 fully saturated rings. The zero-order chi connectivity index (χ0) is 19.4. The molecule has 1 N–H and O–H groups in total. The van der Waals surface area contributed by atoms with Crippen molar-refractivity contribution in [1.82, 2.24) is 4.98 Å². The van der Waals surface area contributed by atoms with Crippen molar-refractivity contribution in [2.24, 2.45) is 0 Å². The first-order valence-electron chi connectivity index (χ1n) is 8.90. The molecule has 0 saturated heterocycles. The summed E-state index contributed by atoms with van der Waals surface area (Å²) in [6.45, 7) is 6.51. The molecule has 1 aromatic heterocycles. The maximum atomic E-state index is 12.3. The van der Waals surface area contributed by atoms with Gasteiger partial charge in [0.1, 0.15) is 5.75 Å². The number of anilines is 1. The Bertz CT molecular complexity index is 994. The third kappa shape index (κ3) is 4.71. The Labute approximate surface area is 162 Å². The van der Waals surface area contributed by atoms with Crippen LogP contribution in [0.3, 0.4) is 0 Å². The van der Waals surface area contributed by atoms with Crippen molar-refractivity contribution in [3.8, 4) is 5.75 Å². The molecule has 2 aromatic carbocycles. The fraction of sp³-hybridized carbons (Fsp3) is 0.286. The summed E-state index contributed by atoms with van der Waals surface area (Å²) in [6.07, 6.45) is 0.305. The standard InChI is InChI=1S/C21H22N2O3S/c1-4-26-16-7-8-17-19(12-16)27-21(22-17)23-20(25)10-9-18(24)15-6-5-13(2)14(3)11-15/h5-8,11-12H,4,9-10H2,1-3H3,(H,22,23,25). The molecular formula is C21H22N2O3S. The van der Waals surface area contributed by atoms with Crippen molar-refractivity contribution in [1.29, 1.82) is 0 Å². The van der Waals surface area contributed by atoms with Crippen molar-refractivity contribution in [2.45, 2.75) is 33.6 Å². The number of ether oxygens (including phenoxy) is 1. The smallest absolute Gasteiger partial charge is 0.226 e. The van der Waals surface area contributed by atoms with Crippen LogP contribution in [0.15, 0.2) is 36.4 Å². The largest absolute Gasteiger partial charge is 0.494 e. The van der Waals surface area contributed by atoms with Crippen molar-refractivity contribution >= 4 is 38.4 Å². The summed E-state index contributed by atoms with van der Waals surface area (Å²) < 4.78 is 6.43. The Balaban J connectivity index is 1.59. The van der Waals surface area contributed by atoms with Crippen LogP contribution in [0.4, 0.5) is 5.13 Å². The first kappa shape index (κ1) is 19.0. The van der Waals surface area contributed by atoms with E-state index in [2.05, 4.69) is 10.3 Å². The SMILES string of the molecule is CCOc1ccc2nc(NC(=O)CCC(=O)c3ccc(C)c(C)c3)sc2c1. The topological polar surface area (TPSA) is 68.3 Å². The summed E-state index contributed by atoms with van der Waals surface area (Å²) in [5.41, 5.74) is 3.68. The lowest BCUT2D eigenvalue weighted by molar-refractivity contribution is -0.116. The number of carbonyl (C=O) groups is 2. The Kier molecular flexibility index (Phi) is 5.86. The van der Waals surface area contributed by atoms with Crippen molar-refractivity contribution in [3.05, 3.63) is 53.1 Å². The summed E-state index contributed by atoms with van der Waals surface area (Å²) in [7, 11) is 0. The van der Waals surface area contributed by atoms with Gasteiger partial charge in [-0.1, -0.05) is 23.5 Å². The summed E-state index contributed by atoms with van der Waals surface area (Å²) in [6, 6.07) is 11.3. The van der Waals surface area contributed by atoms with Gasteiger partial charge in [-0.25, -0.2) is 4.98 Å². The van der Waals surface area contributed by atoms with Crippen molar-refractivity contribution < 1.29 is 14.3 Å². The van der Waals surface area contributed by atoms with Gasteiger partial charge in [-0.2, -0.15) is 0 Å². The maximum Gasteiger partial charge on any atom is 0.226 e. The molecule has 1 amide bonds. The molecular weight excluding hydrogens is 360 g/mol. The number of hydrogen-bond donors (Lipinski definition) is 1. The summed E-state index contributed by atoms with van der Waals surface area (Å²) in [5.74, 6) is 0.542. The number of Topliss-reactive ketones (excluding diaryl/α,β-unsaturated/α-hetero) is 1. The Morgan fingerprint density at radius 1 is 1.07 bits per heavy atom. The number of benzene rings is 2. The number of hydrogen-bond acceptors (Lipinski definition) is 5. The second kappa shape index (κ2) is 8.31. The van der Waals surface area contributed by atoms with Gasteiger partial charge in [-0.15, -0.1) is 0 Å². The molecule has 3 rings (SSSR count). The first-order valence-corrected chi connectivity index (χ1v) is 9.71. The Morgan fingerprint density at radius 3 is 2.63 bits per heavy atom. The lowest BCUT2D eigenvalue weighted by atomic mass is 10.0. The van der Waals surface area contributed by atoms with Crippen LogP contribution in [0.5, 0.6) is 5.75 Å². The average Bonchev–Trinajstić information content (AvgIpc) is 3.03. The third-order valence-corrected chi connectivity index (χ3v) is 5.26. The zero-order valence-electron chi connectivity index (χ0n) is 15.7. The van der Waals surface area contributed by atoms with E-state index in [1.54, 1.807) is 0 Å². The predicted octanol–water partition coefficient (Wildman–Crippen LogP) is 4.91. The van der Waals surface area contributed by atoms with Gasteiger partial charge in [-0.3, -0.25) is 9.59 Å². The van der Waals surface area contributed by atoms with E-state index >= 15 is 0 Å². The number of fused-ring (bicyclic) bond motifs is 1. The van der Waals surface area contributed by atoms with E-state index in [1.807, 2.05) is 57.2 Å². The highest BCUT2D eigenvalue weighted by Crippen LogP contribution is 2.29. The van der Waals surface area contributed by atoms with E-state index in [0.717, 1.165) is 27.1 Å².